The van der Waals surface area contributed by atoms with E-state index in [2.05, 4.69) is 11.9 Å². The smallest absolute Gasteiger partial charge is 0.315 e. The molecule has 182 valence electrons. The molecular formula is C26H31NO7. The third kappa shape index (κ3) is 5.01. The standard InChI is InChI=1S/C26H31NO7/c1-4-31-22-13-17(10-11-21(22)34-16(3)28)24-23(26(30)33-14-18-7-6-12-32-18)15(2)27-19-8-5-9-20(29)25(19)24/h10-11,13,18,23-24,27H,2,4-9,12,14H2,1,3H3. The highest BCUT2D eigenvalue weighted by Crippen LogP contribution is 2.46. The van der Waals surface area contributed by atoms with E-state index in [1.165, 1.54) is 6.92 Å². The van der Waals surface area contributed by atoms with Gasteiger partial charge < -0.3 is 24.3 Å². The van der Waals surface area contributed by atoms with E-state index in [9.17, 15) is 14.4 Å². The monoisotopic (exact) mass is 469 g/mol. The zero-order chi connectivity index (χ0) is 24.2. The Hall–Kier alpha value is -3.13. The first-order valence-corrected chi connectivity index (χ1v) is 11.8. The van der Waals surface area contributed by atoms with Crippen molar-refractivity contribution in [3.05, 3.63) is 47.3 Å². The van der Waals surface area contributed by atoms with Gasteiger partial charge in [-0.05, 0) is 50.3 Å². The van der Waals surface area contributed by atoms with Crippen molar-refractivity contribution >= 4 is 17.7 Å². The maximum atomic E-state index is 13.3. The molecule has 2 aliphatic heterocycles. The third-order valence-electron chi connectivity index (χ3n) is 6.36. The van der Waals surface area contributed by atoms with Crippen molar-refractivity contribution in [2.45, 2.75) is 58.0 Å². The molecule has 1 aliphatic carbocycles. The normalized spacial score (nSPS) is 24.4. The van der Waals surface area contributed by atoms with Gasteiger partial charge in [0.1, 0.15) is 12.5 Å². The Kier molecular flexibility index (Phi) is 7.36. The first-order chi connectivity index (χ1) is 16.4. The number of rotatable bonds is 7. The Labute approximate surface area is 199 Å². The van der Waals surface area contributed by atoms with Crippen LogP contribution in [0.4, 0.5) is 0 Å². The zero-order valence-electron chi connectivity index (χ0n) is 19.7. The van der Waals surface area contributed by atoms with Crippen molar-refractivity contribution in [2.75, 3.05) is 19.8 Å². The number of nitrogens with one attached hydrogen (secondary N) is 1. The highest BCUT2D eigenvalue weighted by atomic mass is 16.6. The van der Waals surface area contributed by atoms with Crippen LogP contribution >= 0.6 is 0 Å². The average molecular weight is 470 g/mol. The summed E-state index contributed by atoms with van der Waals surface area (Å²) in [6.07, 6.45) is 3.56. The van der Waals surface area contributed by atoms with Crippen LogP contribution in [0.25, 0.3) is 0 Å². The molecule has 4 rings (SSSR count). The molecule has 0 aromatic heterocycles. The molecule has 1 fully saturated rings. The summed E-state index contributed by atoms with van der Waals surface area (Å²) >= 11 is 0. The number of esters is 2. The van der Waals surface area contributed by atoms with Crippen LogP contribution in [0.1, 0.15) is 57.4 Å². The fourth-order valence-corrected chi connectivity index (χ4v) is 4.90. The van der Waals surface area contributed by atoms with Crippen LogP contribution in [0.3, 0.4) is 0 Å². The first-order valence-electron chi connectivity index (χ1n) is 11.8. The van der Waals surface area contributed by atoms with Crippen molar-refractivity contribution in [3.63, 3.8) is 0 Å². The number of carbonyl (C=O) groups is 3. The van der Waals surface area contributed by atoms with Crippen LogP contribution in [0.15, 0.2) is 41.7 Å². The van der Waals surface area contributed by atoms with Gasteiger partial charge in [0.2, 0.25) is 0 Å². The van der Waals surface area contributed by atoms with Crippen molar-refractivity contribution in [2.24, 2.45) is 5.92 Å². The number of ketones is 1. The second kappa shape index (κ2) is 10.4. The van der Waals surface area contributed by atoms with Gasteiger partial charge in [0, 0.05) is 42.8 Å². The molecule has 3 aliphatic rings. The quantitative estimate of drug-likeness (QED) is 0.478. The summed E-state index contributed by atoms with van der Waals surface area (Å²) in [5.74, 6) is -1.64. The van der Waals surface area contributed by atoms with Gasteiger partial charge in [-0.2, -0.15) is 0 Å². The Morgan fingerprint density at radius 3 is 2.74 bits per heavy atom. The molecule has 8 heteroatoms. The zero-order valence-corrected chi connectivity index (χ0v) is 19.7. The number of allylic oxidation sites excluding steroid dienone is 2. The van der Waals surface area contributed by atoms with Gasteiger partial charge in [0.05, 0.1) is 12.7 Å². The number of benzene rings is 1. The number of carbonyl (C=O) groups excluding carboxylic acids is 3. The topological polar surface area (TPSA) is 100 Å². The second-order valence-electron chi connectivity index (χ2n) is 8.77. The summed E-state index contributed by atoms with van der Waals surface area (Å²) in [5, 5.41) is 3.22. The molecule has 0 bridgehead atoms. The molecule has 0 saturated carbocycles. The van der Waals surface area contributed by atoms with Crippen molar-refractivity contribution < 1.29 is 33.3 Å². The molecule has 1 N–H and O–H groups in total. The highest BCUT2D eigenvalue weighted by molar-refractivity contribution is 6.00. The Morgan fingerprint density at radius 2 is 2.03 bits per heavy atom. The molecule has 3 unspecified atom stereocenters. The van der Waals surface area contributed by atoms with E-state index < -0.39 is 23.8 Å². The molecule has 0 amide bonds. The largest absolute Gasteiger partial charge is 0.490 e. The number of Topliss-reactive ketones (excluding diaryl/α,β-unsaturated/α-hetero) is 1. The summed E-state index contributed by atoms with van der Waals surface area (Å²) < 4.78 is 22.2. The average Bonchev–Trinajstić information content (AvgIpc) is 3.31. The van der Waals surface area contributed by atoms with Crippen LogP contribution in [-0.2, 0) is 23.9 Å². The Balaban J connectivity index is 1.72. The molecule has 8 nitrogen and oxygen atoms in total. The van der Waals surface area contributed by atoms with Gasteiger partial charge in [0.15, 0.2) is 17.3 Å². The van der Waals surface area contributed by atoms with Crippen LogP contribution in [0.2, 0.25) is 0 Å². The summed E-state index contributed by atoms with van der Waals surface area (Å²) in [4.78, 5) is 37.9. The van der Waals surface area contributed by atoms with Crippen molar-refractivity contribution in [3.8, 4) is 11.5 Å². The molecule has 1 aromatic carbocycles. The highest BCUT2D eigenvalue weighted by Gasteiger charge is 2.44. The summed E-state index contributed by atoms with van der Waals surface area (Å²) in [6.45, 7) is 8.46. The predicted octanol–water partition coefficient (Wildman–Crippen LogP) is 3.56. The van der Waals surface area contributed by atoms with E-state index in [0.29, 0.717) is 48.6 Å². The van der Waals surface area contributed by atoms with E-state index in [0.717, 1.165) is 25.0 Å². The minimum absolute atomic E-state index is 0.00481. The van der Waals surface area contributed by atoms with Crippen molar-refractivity contribution in [1.82, 2.24) is 5.32 Å². The van der Waals surface area contributed by atoms with Gasteiger partial charge in [-0.3, -0.25) is 14.4 Å². The maximum Gasteiger partial charge on any atom is 0.315 e. The predicted molar refractivity (Wildman–Crippen MR) is 123 cm³/mol. The molecule has 0 spiro atoms. The van der Waals surface area contributed by atoms with E-state index >= 15 is 0 Å². The molecule has 0 radical (unpaired) electrons. The number of hydrogen-bond acceptors (Lipinski definition) is 8. The summed E-state index contributed by atoms with van der Waals surface area (Å²) in [7, 11) is 0. The minimum atomic E-state index is -0.795. The van der Waals surface area contributed by atoms with Crippen LogP contribution in [-0.4, -0.2) is 43.6 Å². The molecule has 34 heavy (non-hydrogen) atoms. The van der Waals surface area contributed by atoms with E-state index in [1.807, 2.05) is 6.92 Å². The molecule has 1 saturated heterocycles. The van der Waals surface area contributed by atoms with Gasteiger partial charge in [0.25, 0.3) is 0 Å². The van der Waals surface area contributed by atoms with Gasteiger partial charge in [-0.25, -0.2) is 0 Å². The Morgan fingerprint density at radius 1 is 1.21 bits per heavy atom. The molecular weight excluding hydrogens is 438 g/mol. The van der Waals surface area contributed by atoms with Gasteiger partial charge in [-0.1, -0.05) is 12.6 Å². The Bertz CT molecular complexity index is 1020. The lowest BCUT2D eigenvalue weighted by molar-refractivity contribution is -0.151. The fourth-order valence-electron chi connectivity index (χ4n) is 4.90. The third-order valence-corrected chi connectivity index (χ3v) is 6.36. The molecule has 2 heterocycles. The number of ether oxygens (including phenoxy) is 4. The SMILES string of the molecule is C=C1NC2=C(C(=O)CCC2)C(c2ccc(OC(C)=O)c(OCC)c2)C1C(=O)OCC1CCCO1. The first kappa shape index (κ1) is 24.0. The van der Waals surface area contributed by atoms with E-state index in [1.54, 1.807) is 18.2 Å². The maximum absolute atomic E-state index is 13.3. The lowest BCUT2D eigenvalue weighted by Crippen LogP contribution is -2.41. The van der Waals surface area contributed by atoms with Crippen molar-refractivity contribution in [1.29, 1.82) is 0 Å². The van der Waals surface area contributed by atoms with E-state index in [-0.39, 0.29) is 24.2 Å². The van der Waals surface area contributed by atoms with Gasteiger partial charge in [-0.15, -0.1) is 0 Å². The lowest BCUT2D eigenvalue weighted by atomic mass is 9.71. The van der Waals surface area contributed by atoms with Crippen LogP contribution in [0.5, 0.6) is 11.5 Å². The fraction of sp³-hybridized carbons (Fsp3) is 0.500. The van der Waals surface area contributed by atoms with Gasteiger partial charge >= 0.3 is 11.9 Å². The lowest BCUT2D eigenvalue weighted by Gasteiger charge is -2.38. The minimum Gasteiger partial charge on any atom is -0.490 e. The van der Waals surface area contributed by atoms with Crippen LogP contribution in [0, 0.1) is 5.92 Å². The molecule has 3 atom stereocenters. The summed E-state index contributed by atoms with van der Waals surface area (Å²) in [6, 6.07) is 5.13. The number of hydrogen-bond donors (Lipinski definition) is 1. The molecule has 1 aromatic rings. The second-order valence-corrected chi connectivity index (χ2v) is 8.77. The van der Waals surface area contributed by atoms with Crippen LogP contribution < -0.4 is 14.8 Å². The van der Waals surface area contributed by atoms with E-state index in [4.69, 9.17) is 18.9 Å². The summed E-state index contributed by atoms with van der Waals surface area (Å²) in [5.41, 5.74) is 2.58.